The van der Waals surface area contributed by atoms with Crippen molar-refractivity contribution >= 4 is 17.6 Å². The fourth-order valence-corrected chi connectivity index (χ4v) is 2.44. The molecule has 0 aliphatic carbocycles. The highest BCUT2D eigenvalue weighted by atomic mass is 16.5. The molecule has 0 bridgehead atoms. The smallest absolute Gasteiger partial charge is 0.316 e. The van der Waals surface area contributed by atoms with Gasteiger partial charge in [-0.05, 0) is 35.9 Å². The Morgan fingerprint density at radius 2 is 1.74 bits per heavy atom. The molecule has 138 valence electrons. The van der Waals surface area contributed by atoms with E-state index in [4.69, 9.17) is 14.9 Å². The number of rotatable bonds is 7. The van der Waals surface area contributed by atoms with Crippen LogP contribution in [0.2, 0.25) is 0 Å². The van der Waals surface area contributed by atoms with Crippen LogP contribution < -0.4 is 21.1 Å². The summed E-state index contributed by atoms with van der Waals surface area (Å²) in [5, 5.41) is 5.28. The molecule has 0 spiro atoms. The zero-order valence-electron chi connectivity index (χ0n) is 14.5. The molecule has 1 aromatic heterocycles. The maximum atomic E-state index is 12.4. The molecule has 3 aromatic rings. The van der Waals surface area contributed by atoms with Gasteiger partial charge >= 0.3 is 6.03 Å². The number of para-hydroxylation sites is 1. The Morgan fingerprint density at radius 3 is 2.44 bits per heavy atom. The van der Waals surface area contributed by atoms with Crippen molar-refractivity contribution in [1.29, 1.82) is 0 Å². The van der Waals surface area contributed by atoms with Crippen molar-refractivity contribution in [3.63, 3.8) is 0 Å². The van der Waals surface area contributed by atoms with E-state index in [1.54, 1.807) is 30.3 Å². The third kappa shape index (κ3) is 5.12. The van der Waals surface area contributed by atoms with Crippen LogP contribution in [0.1, 0.15) is 21.7 Å². The van der Waals surface area contributed by atoms with Crippen molar-refractivity contribution in [2.45, 2.75) is 13.2 Å². The number of hydrogen-bond acceptors (Lipinski definition) is 4. The molecule has 1 heterocycles. The van der Waals surface area contributed by atoms with Gasteiger partial charge in [-0.15, -0.1) is 0 Å². The van der Waals surface area contributed by atoms with Gasteiger partial charge in [0.2, 0.25) is 0 Å². The molecule has 2 aromatic carbocycles. The average Bonchev–Trinajstić information content (AvgIpc) is 3.15. The van der Waals surface area contributed by atoms with E-state index in [9.17, 15) is 9.59 Å². The molecule has 27 heavy (non-hydrogen) atoms. The second-order valence-corrected chi connectivity index (χ2v) is 5.75. The van der Waals surface area contributed by atoms with Gasteiger partial charge in [0.15, 0.2) is 5.76 Å². The fourth-order valence-electron chi connectivity index (χ4n) is 2.44. The van der Waals surface area contributed by atoms with Crippen molar-refractivity contribution in [3.8, 4) is 5.75 Å². The number of carbonyl (C=O) groups is 2. The van der Waals surface area contributed by atoms with Gasteiger partial charge in [0, 0.05) is 17.8 Å². The van der Waals surface area contributed by atoms with E-state index >= 15 is 0 Å². The topological polar surface area (TPSA) is 107 Å². The first-order chi connectivity index (χ1) is 13.1. The minimum Gasteiger partial charge on any atom is -0.489 e. The largest absolute Gasteiger partial charge is 0.489 e. The third-order valence-electron chi connectivity index (χ3n) is 3.77. The van der Waals surface area contributed by atoms with Gasteiger partial charge in [-0.2, -0.15) is 0 Å². The van der Waals surface area contributed by atoms with E-state index in [2.05, 4.69) is 10.6 Å². The summed E-state index contributed by atoms with van der Waals surface area (Å²) >= 11 is 0. The average molecular weight is 365 g/mol. The number of hydrogen-bond donors (Lipinski definition) is 3. The predicted octanol–water partition coefficient (Wildman–Crippen LogP) is 3.28. The number of furan rings is 1. The highest BCUT2D eigenvalue weighted by Crippen LogP contribution is 2.16. The Morgan fingerprint density at radius 1 is 1.00 bits per heavy atom. The molecule has 0 radical (unpaired) electrons. The molecular formula is C20H19N3O4. The van der Waals surface area contributed by atoms with Gasteiger partial charge in [0.05, 0.1) is 6.26 Å². The van der Waals surface area contributed by atoms with Crippen molar-refractivity contribution in [2.24, 2.45) is 5.73 Å². The van der Waals surface area contributed by atoms with Gasteiger partial charge in [0.25, 0.3) is 5.91 Å². The van der Waals surface area contributed by atoms with Crippen molar-refractivity contribution in [1.82, 2.24) is 5.32 Å². The van der Waals surface area contributed by atoms with E-state index in [0.29, 0.717) is 17.8 Å². The number of urea groups is 1. The minimum absolute atomic E-state index is 0.220. The molecule has 0 fully saturated rings. The normalized spacial score (nSPS) is 10.2. The van der Waals surface area contributed by atoms with Crippen LogP contribution in [0.25, 0.3) is 0 Å². The number of ether oxygens (including phenoxy) is 1. The standard InChI is InChI=1S/C20H19N3O4/c21-20(25)23-16-8-6-14(7-9-16)12-22-19(24)18-15(10-11-26-18)13-27-17-4-2-1-3-5-17/h1-11H,12-13H2,(H,22,24)(H3,21,23,25). The fraction of sp³-hybridized carbons (Fsp3) is 0.100. The van der Waals surface area contributed by atoms with Crippen LogP contribution in [0.3, 0.4) is 0 Å². The van der Waals surface area contributed by atoms with Crippen molar-refractivity contribution in [2.75, 3.05) is 5.32 Å². The first kappa shape index (κ1) is 18.1. The van der Waals surface area contributed by atoms with Gasteiger partial charge < -0.3 is 25.5 Å². The SMILES string of the molecule is NC(=O)Nc1ccc(CNC(=O)c2occc2COc2ccccc2)cc1. The van der Waals surface area contributed by atoms with Crippen LogP contribution in [0.15, 0.2) is 71.3 Å². The molecule has 0 aliphatic rings. The molecule has 3 rings (SSSR count). The summed E-state index contributed by atoms with van der Waals surface area (Å²) < 4.78 is 11.0. The van der Waals surface area contributed by atoms with Crippen LogP contribution in [0.4, 0.5) is 10.5 Å². The molecule has 0 saturated heterocycles. The van der Waals surface area contributed by atoms with Gasteiger partial charge in [-0.1, -0.05) is 30.3 Å². The molecule has 7 nitrogen and oxygen atoms in total. The number of carbonyl (C=O) groups excluding carboxylic acids is 2. The maximum absolute atomic E-state index is 12.4. The summed E-state index contributed by atoms with van der Waals surface area (Å²) in [6.07, 6.45) is 1.46. The number of primary amides is 1. The van der Waals surface area contributed by atoms with E-state index in [1.165, 1.54) is 6.26 Å². The van der Waals surface area contributed by atoms with Gasteiger partial charge in [-0.3, -0.25) is 4.79 Å². The lowest BCUT2D eigenvalue weighted by Gasteiger charge is -2.08. The van der Waals surface area contributed by atoms with Crippen LogP contribution in [-0.2, 0) is 13.2 Å². The lowest BCUT2D eigenvalue weighted by atomic mass is 10.2. The van der Waals surface area contributed by atoms with Crippen LogP contribution in [0, 0.1) is 0 Å². The Hall–Kier alpha value is -3.74. The van der Waals surface area contributed by atoms with Crippen LogP contribution in [-0.4, -0.2) is 11.9 Å². The zero-order chi connectivity index (χ0) is 19.1. The molecule has 3 amide bonds. The summed E-state index contributed by atoms with van der Waals surface area (Å²) in [5.41, 5.74) is 7.18. The molecule has 0 aliphatic heterocycles. The zero-order valence-corrected chi connectivity index (χ0v) is 14.5. The monoisotopic (exact) mass is 365 g/mol. The Kier molecular flexibility index (Phi) is 5.73. The number of amides is 3. The van der Waals surface area contributed by atoms with E-state index in [1.807, 2.05) is 30.3 Å². The second-order valence-electron chi connectivity index (χ2n) is 5.75. The first-order valence-electron chi connectivity index (χ1n) is 8.29. The number of benzene rings is 2. The summed E-state index contributed by atoms with van der Waals surface area (Å²) in [7, 11) is 0. The Bertz CT molecular complexity index is 904. The first-order valence-corrected chi connectivity index (χ1v) is 8.29. The van der Waals surface area contributed by atoms with Gasteiger partial charge in [0.1, 0.15) is 12.4 Å². The molecule has 7 heteroatoms. The molecule has 0 atom stereocenters. The molecule has 0 saturated carbocycles. The lowest BCUT2D eigenvalue weighted by Crippen LogP contribution is -2.23. The van der Waals surface area contributed by atoms with Crippen molar-refractivity contribution < 1.29 is 18.7 Å². The molecule has 0 unspecified atom stereocenters. The highest BCUT2D eigenvalue weighted by Gasteiger charge is 2.15. The predicted molar refractivity (Wildman–Crippen MR) is 100 cm³/mol. The second kappa shape index (κ2) is 8.57. The van der Waals surface area contributed by atoms with Gasteiger partial charge in [-0.25, -0.2) is 4.79 Å². The quantitative estimate of drug-likeness (QED) is 0.597. The van der Waals surface area contributed by atoms with Crippen LogP contribution >= 0.6 is 0 Å². The summed E-state index contributed by atoms with van der Waals surface area (Å²) in [4.78, 5) is 23.2. The van der Waals surface area contributed by atoms with Crippen molar-refractivity contribution in [3.05, 3.63) is 83.8 Å². The van der Waals surface area contributed by atoms with Crippen LogP contribution in [0.5, 0.6) is 5.75 Å². The summed E-state index contributed by atoms with van der Waals surface area (Å²) in [6.45, 7) is 0.548. The minimum atomic E-state index is -0.626. The number of nitrogens with one attached hydrogen (secondary N) is 2. The van der Waals surface area contributed by atoms with E-state index in [0.717, 1.165) is 11.3 Å². The molecule has 4 N–H and O–H groups in total. The maximum Gasteiger partial charge on any atom is 0.316 e. The lowest BCUT2D eigenvalue weighted by molar-refractivity contribution is 0.0919. The number of anilines is 1. The number of nitrogens with two attached hydrogens (primary N) is 1. The third-order valence-corrected chi connectivity index (χ3v) is 3.77. The van der Waals surface area contributed by atoms with E-state index in [-0.39, 0.29) is 18.3 Å². The summed E-state index contributed by atoms with van der Waals surface area (Å²) in [6, 6.07) is 17.4. The summed E-state index contributed by atoms with van der Waals surface area (Å²) in [5.74, 6) is 0.610. The van der Waals surface area contributed by atoms with E-state index < -0.39 is 6.03 Å². The molecular weight excluding hydrogens is 346 g/mol. The highest BCUT2D eigenvalue weighted by molar-refractivity contribution is 5.92. The Labute approximate surface area is 156 Å². The Balaban J connectivity index is 1.55.